The topological polar surface area (TPSA) is 99.2 Å². The largest absolute Gasteiger partial charge is 0.382 e. The van der Waals surface area contributed by atoms with Gasteiger partial charge in [-0.05, 0) is 31.4 Å². The number of piperidine rings is 1. The van der Waals surface area contributed by atoms with Crippen LogP contribution in [0.5, 0.6) is 0 Å². The van der Waals surface area contributed by atoms with Crippen molar-refractivity contribution in [1.82, 2.24) is 24.6 Å². The summed E-state index contributed by atoms with van der Waals surface area (Å²) >= 11 is 1.76. The quantitative estimate of drug-likeness (QED) is 0.679. The van der Waals surface area contributed by atoms with Crippen LogP contribution in [-0.4, -0.2) is 50.3 Å². The van der Waals surface area contributed by atoms with Crippen LogP contribution in [0.4, 0.5) is 5.82 Å². The first-order chi connectivity index (χ1) is 14.5. The molecule has 2 N–H and O–H groups in total. The molecule has 2 aliphatic rings. The third-order valence-electron chi connectivity index (χ3n) is 6.26. The Bertz CT molecular complexity index is 1100. The molecule has 5 rings (SSSR count). The van der Waals surface area contributed by atoms with Gasteiger partial charge in [-0.15, -0.1) is 11.3 Å². The lowest BCUT2D eigenvalue weighted by Crippen LogP contribution is -2.48. The number of ether oxygens (including phenoxy) is 1. The molecule has 156 valence electrons. The molecule has 0 atom stereocenters. The first kappa shape index (κ1) is 19.2. The van der Waals surface area contributed by atoms with E-state index in [1.54, 1.807) is 34.6 Å². The fourth-order valence-electron chi connectivity index (χ4n) is 4.37. The monoisotopic (exact) mass is 424 g/mol. The van der Waals surface area contributed by atoms with Gasteiger partial charge in [0.1, 0.15) is 5.82 Å². The zero-order chi connectivity index (χ0) is 20.9. The predicted octanol–water partition coefficient (Wildman–Crippen LogP) is 2.53. The second-order valence-electron chi connectivity index (χ2n) is 7.93. The number of nitrogens with zero attached hydrogens (tertiary/aromatic N) is 5. The molecule has 0 bridgehead atoms. The Labute approximate surface area is 178 Å². The van der Waals surface area contributed by atoms with Gasteiger partial charge in [0.05, 0.1) is 46.9 Å². The minimum atomic E-state index is -0.329. The first-order valence-corrected chi connectivity index (χ1v) is 10.9. The van der Waals surface area contributed by atoms with Crippen LogP contribution in [0.15, 0.2) is 24.7 Å². The third kappa shape index (κ3) is 3.09. The van der Waals surface area contributed by atoms with Crippen molar-refractivity contribution in [2.75, 3.05) is 25.4 Å². The Hall–Kier alpha value is -2.78. The molecule has 3 aromatic heterocycles. The molecular weight excluding hydrogens is 400 g/mol. The maximum absolute atomic E-state index is 13.0. The van der Waals surface area contributed by atoms with Crippen molar-refractivity contribution in [1.29, 1.82) is 0 Å². The molecule has 0 saturated carbocycles. The van der Waals surface area contributed by atoms with Gasteiger partial charge in [-0.3, -0.25) is 9.48 Å². The lowest BCUT2D eigenvalue weighted by molar-refractivity contribution is -0.0926. The Morgan fingerprint density at radius 2 is 2.03 bits per heavy atom. The summed E-state index contributed by atoms with van der Waals surface area (Å²) in [6.45, 7) is 3.96. The number of hydrogen-bond donors (Lipinski definition) is 1. The molecule has 1 fully saturated rings. The van der Waals surface area contributed by atoms with E-state index in [1.165, 1.54) is 10.4 Å². The Balaban J connectivity index is 1.38. The van der Waals surface area contributed by atoms with Crippen molar-refractivity contribution in [3.8, 4) is 10.6 Å². The zero-order valence-electron chi connectivity index (χ0n) is 17.1. The van der Waals surface area contributed by atoms with Crippen LogP contribution in [0.3, 0.4) is 0 Å². The van der Waals surface area contributed by atoms with Gasteiger partial charge in [0.15, 0.2) is 0 Å². The molecule has 2 aliphatic heterocycles. The van der Waals surface area contributed by atoms with Crippen LogP contribution in [0.1, 0.15) is 39.3 Å². The lowest BCUT2D eigenvalue weighted by atomic mass is 9.82. The van der Waals surface area contributed by atoms with Crippen molar-refractivity contribution in [3.63, 3.8) is 0 Å². The van der Waals surface area contributed by atoms with Crippen LogP contribution in [0.2, 0.25) is 0 Å². The van der Waals surface area contributed by atoms with Crippen LogP contribution < -0.4 is 5.73 Å². The molecule has 0 radical (unpaired) electrons. The molecule has 3 aromatic rings. The predicted molar refractivity (Wildman–Crippen MR) is 114 cm³/mol. The summed E-state index contributed by atoms with van der Waals surface area (Å²) in [6, 6.07) is 2.20. The molecule has 0 aromatic carbocycles. The lowest BCUT2D eigenvalue weighted by Gasteiger charge is -2.44. The van der Waals surface area contributed by atoms with Crippen molar-refractivity contribution < 1.29 is 9.53 Å². The highest BCUT2D eigenvalue weighted by Gasteiger charge is 2.43. The molecule has 9 heteroatoms. The molecular formula is C21H24N6O2S. The van der Waals surface area contributed by atoms with E-state index in [4.69, 9.17) is 10.5 Å². The maximum atomic E-state index is 13.0. The van der Waals surface area contributed by atoms with Crippen molar-refractivity contribution in [3.05, 3.63) is 46.4 Å². The van der Waals surface area contributed by atoms with Gasteiger partial charge in [-0.25, -0.2) is 9.97 Å². The summed E-state index contributed by atoms with van der Waals surface area (Å²) in [6.07, 6.45) is 7.45. The standard InChI is InChI=1S/C21H24N6O2S/c1-13-14(10-25-26(13)2)20(28)27-6-4-21(5-7-27)15-9-18(30-17(15)3-8-29-21)16-11-24-19(22)12-23-16/h9-12H,3-8H2,1-2H3,(H2,22,24). The molecule has 1 spiro atoms. The van der Waals surface area contributed by atoms with Crippen molar-refractivity contribution >= 4 is 23.1 Å². The number of carbonyl (C=O) groups is 1. The molecule has 1 saturated heterocycles. The van der Waals surface area contributed by atoms with Gasteiger partial charge < -0.3 is 15.4 Å². The van der Waals surface area contributed by atoms with Crippen LogP contribution in [0, 0.1) is 6.92 Å². The highest BCUT2D eigenvalue weighted by Crippen LogP contribution is 2.46. The molecule has 0 unspecified atom stereocenters. The SMILES string of the molecule is Cc1c(C(=O)N2CCC3(CC2)OCCc2sc(-c4cnc(N)cn4)cc23)cnn1C. The molecule has 0 aliphatic carbocycles. The smallest absolute Gasteiger partial charge is 0.257 e. The van der Waals surface area contributed by atoms with Gasteiger partial charge >= 0.3 is 0 Å². The zero-order valence-corrected chi connectivity index (χ0v) is 17.9. The number of likely N-dealkylation sites (tertiary alicyclic amines) is 1. The number of aryl methyl sites for hydroxylation is 1. The average Bonchev–Trinajstić information content (AvgIpc) is 3.34. The number of fused-ring (bicyclic) bond motifs is 2. The number of nitrogen functional groups attached to an aromatic ring is 1. The summed E-state index contributed by atoms with van der Waals surface area (Å²) in [4.78, 5) is 25.9. The Kier molecular flexibility index (Phi) is 4.59. The Morgan fingerprint density at radius 1 is 1.23 bits per heavy atom. The number of anilines is 1. The normalized spacial score (nSPS) is 17.9. The summed E-state index contributed by atoms with van der Waals surface area (Å²) in [7, 11) is 1.86. The van der Waals surface area contributed by atoms with E-state index in [1.807, 2.05) is 18.9 Å². The van der Waals surface area contributed by atoms with E-state index in [2.05, 4.69) is 21.1 Å². The fourth-order valence-corrected chi connectivity index (χ4v) is 5.56. The summed E-state index contributed by atoms with van der Waals surface area (Å²) in [5, 5.41) is 4.21. The van der Waals surface area contributed by atoms with E-state index in [-0.39, 0.29) is 11.5 Å². The first-order valence-electron chi connectivity index (χ1n) is 10.1. The number of nitrogens with two attached hydrogens (primary N) is 1. The van der Waals surface area contributed by atoms with Gasteiger partial charge in [0.25, 0.3) is 5.91 Å². The number of hydrogen-bond acceptors (Lipinski definition) is 7. The van der Waals surface area contributed by atoms with E-state index in [9.17, 15) is 4.79 Å². The fraction of sp³-hybridized carbons (Fsp3) is 0.429. The van der Waals surface area contributed by atoms with Crippen LogP contribution in [0.25, 0.3) is 10.6 Å². The van der Waals surface area contributed by atoms with Gasteiger partial charge in [0.2, 0.25) is 0 Å². The van der Waals surface area contributed by atoms with Gasteiger partial charge in [-0.2, -0.15) is 5.10 Å². The third-order valence-corrected chi connectivity index (χ3v) is 7.47. The number of thiophene rings is 1. The molecule has 5 heterocycles. The van der Waals surface area contributed by atoms with Crippen LogP contribution in [-0.2, 0) is 23.8 Å². The average molecular weight is 425 g/mol. The summed E-state index contributed by atoms with van der Waals surface area (Å²) in [5.74, 6) is 0.468. The van der Waals surface area contributed by atoms with Crippen molar-refractivity contribution in [2.45, 2.75) is 31.8 Å². The second-order valence-corrected chi connectivity index (χ2v) is 9.06. The van der Waals surface area contributed by atoms with Gasteiger partial charge in [-0.1, -0.05) is 0 Å². The Morgan fingerprint density at radius 3 is 2.70 bits per heavy atom. The second kappa shape index (κ2) is 7.17. The van der Waals surface area contributed by atoms with E-state index < -0.39 is 0 Å². The van der Waals surface area contributed by atoms with Crippen molar-refractivity contribution in [2.24, 2.45) is 7.05 Å². The molecule has 8 nitrogen and oxygen atoms in total. The number of rotatable bonds is 2. The molecule has 1 amide bonds. The minimum Gasteiger partial charge on any atom is -0.382 e. The number of carbonyl (C=O) groups excluding carboxylic acids is 1. The number of amides is 1. The number of aromatic nitrogens is 4. The highest BCUT2D eigenvalue weighted by molar-refractivity contribution is 7.15. The summed E-state index contributed by atoms with van der Waals surface area (Å²) in [5.41, 5.74) is 9.00. The van der Waals surface area contributed by atoms with E-state index in [0.29, 0.717) is 31.1 Å². The van der Waals surface area contributed by atoms with Crippen LogP contribution >= 0.6 is 11.3 Å². The van der Waals surface area contributed by atoms with E-state index in [0.717, 1.165) is 35.5 Å². The van der Waals surface area contributed by atoms with Gasteiger partial charge in [0, 0.05) is 37.1 Å². The highest BCUT2D eigenvalue weighted by atomic mass is 32.1. The minimum absolute atomic E-state index is 0.0506. The van der Waals surface area contributed by atoms with E-state index >= 15 is 0 Å². The maximum Gasteiger partial charge on any atom is 0.257 e. The molecule has 30 heavy (non-hydrogen) atoms. The summed E-state index contributed by atoms with van der Waals surface area (Å²) < 4.78 is 8.10.